The number of aliphatic hydroxyl groups is 1. The Kier molecular flexibility index (Phi) is 7.60. The predicted octanol–water partition coefficient (Wildman–Crippen LogP) is 4.86. The quantitative estimate of drug-likeness (QED) is 0.538. The van der Waals surface area contributed by atoms with Crippen molar-refractivity contribution in [3.63, 3.8) is 0 Å². The van der Waals surface area contributed by atoms with Crippen molar-refractivity contribution in [3.8, 4) is 0 Å². The third-order valence-electron chi connectivity index (χ3n) is 5.80. The highest BCUT2D eigenvalue weighted by atomic mass is 35.5. The van der Waals surface area contributed by atoms with E-state index in [4.69, 9.17) is 16.3 Å². The number of amides is 1. The zero-order valence-electron chi connectivity index (χ0n) is 18.1. The molecule has 2 atom stereocenters. The van der Waals surface area contributed by atoms with Gasteiger partial charge in [-0.3, -0.25) is 4.90 Å². The van der Waals surface area contributed by atoms with E-state index < -0.39 is 12.2 Å². The van der Waals surface area contributed by atoms with E-state index in [1.54, 1.807) is 6.07 Å². The van der Waals surface area contributed by atoms with Gasteiger partial charge in [-0.05, 0) is 34.9 Å². The van der Waals surface area contributed by atoms with Gasteiger partial charge < -0.3 is 14.7 Å². The van der Waals surface area contributed by atoms with Crippen molar-refractivity contribution in [2.24, 2.45) is 0 Å². The summed E-state index contributed by atoms with van der Waals surface area (Å²) in [5.41, 5.74) is 2.57. The molecule has 0 radical (unpaired) electrons. The van der Waals surface area contributed by atoms with Gasteiger partial charge in [0.2, 0.25) is 0 Å². The lowest BCUT2D eigenvalue weighted by molar-refractivity contribution is 0.0728. The number of hydrogen-bond acceptors (Lipinski definition) is 4. The number of rotatable bonds is 7. The minimum absolute atomic E-state index is 0.167. The molecule has 1 amide bonds. The molecular formula is C26H26ClFN2O3. The van der Waals surface area contributed by atoms with Crippen LogP contribution in [0.5, 0.6) is 0 Å². The van der Waals surface area contributed by atoms with Crippen molar-refractivity contribution >= 4 is 17.7 Å². The highest BCUT2D eigenvalue weighted by Crippen LogP contribution is 2.25. The summed E-state index contributed by atoms with van der Waals surface area (Å²) in [6.07, 6.45) is -1.24. The van der Waals surface area contributed by atoms with Gasteiger partial charge in [-0.15, -0.1) is 0 Å². The Labute approximate surface area is 198 Å². The number of benzene rings is 3. The molecule has 3 aromatic rings. The number of carbonyl (C=O) groups excluding carboxylic acids is 1. The van der Waals surface area contributed by atoms with Crippen LogP contribution in [0.3, 0.4) is 0 Å². The molecule has 33 heavy (non-hydrogen) atoms. The van der Waals surface area contributed by atoms with Crippen LogP contribution >= 0.6 is 11.6 Å². The molecule has 0 aliphatic carbocycles. The number of likely N-dealkylation sites (tertiary alicyclic amines) is 1. The molecule has 1 aliphatic rings. The largest absolute Gasteiger partial charge is 0.445 e. The Morgan fingerprint density at radius 3 is 2.48 bits per heavy atom. The number of carbonyl (C=O) groups is 1. The molecule has 7 heteroatoms. The SMILES string of the molecule is O=C(OCc1ccccc1)N1C[C@@H](O)[C@H](N(Cc2cccc(F)c2)Cc2ccccc2Cl)C1. The molecule has 0 spiro atoms. The number of ether oxygens (including phenoxy) is 1. The summed E-state index contributed by atoms with van der Waals surface area (Å²) in [6.45, 7) is 1.49. The normalized spacial score (nSPS) is 18.0. The topological polar surface area (TPSA) is 53.0 Å². The van der Waals surface area contributed by atoms with Crippen molar-refractivity contribution in [1.82, 2.24) is 9.80 Å². The van der Waals surface area contributed by atoms with Gasteiger partial charge in [-0.2, -0.15) is 0 Å². The Hall–Kier alpha value is -2.93. The van der Waals surface area contributed by atoms with E-state index in [1.165, 1.54) is 17.0 Å². The van der Waals surface area contributed by atoms with Gasteiger partial charge in [0, 0.05) is 24.7 Å². The van der Waals surface area contributed by atoms with Gasteiger partial charge in [0.15, 0.2) is 0 Å². The van der Waals surface area contributed by atoms with Crippen molar-refractivity contribution in [2.45, 2.75) is 31.8 Å². The summed E-state index contributed by atoms with van der Waals surface area (Å²) in [7, 11) is 0. The number of hydrogen-bond donors (Lipinski definition) is 1. The van der Waals surface area contributed by atoms with Gasteiger partial charge >= 0.3 is 6.09 Å². The van der Waals surface area contributed by atoms with E-state index in [9.17, 15) is 14.3 Å². The van der Waals surface area contributed by atoms with Crippen molar-refractivity contribution in [2.75, 3.05) is 13.1 Å². The summed E-state index contributed by atoms with van der Waals surface area (Å²) in [6, 6.07) is 23.0. The standard InChI is InChI=1S/C26H26ClFN2O3/c27-23-12-5-4-10-21(23)15-29(14-20-9-6-11-22(28)13-20)24-16-30(17-25(24)31)26(32)33-18-19-7-2-1-3-8-19/h1-13,24-25,31H,14-18H2/t24-,25-/m1/s1. The van der Waals surface area contributed by atoms with Gasteiger partial charge in [-0.25, -0.2) is 9.18 Å². The Balaban J connectivity index is 1.48. The number of halogens is 2. The second-order valence-corrected chi connectivity index (χ2v) is 8.61. The van der Waals surface area contributed by atoms with E-state index in [2.05, 4.69) is 0 Å². The molecule has 1 saturated heterocycles. The van der Waals surface area contributed by atoms with Crippen LogP contribution in [0, 0.1) is 5.82 Å². The van der Waals surface area contributed by atoms with Gasteiger partial charge in [0.05, 0.1) is 18.7 Å². The summed E-state index contributed by atoms with van der Waals surface area (Å²) < 4.78 is 19.2. The Morgan fingerprint density at radius 1 is 1.00 bits per heavy atom. The van der Waals surface area contributed by atoms with Crippen LogP contribution in [0.4, 0.5) is 9.18 Å². The van der Waals surface area contributed by atoms with E-state index in [0.29, 0.717) is 24.7 Å². The van der Waals surface area contributed by atoms with Crippen LogP contribution in [-0.2, 0) is 24.4 Å². The average Bonchev–Trinajstić information content (AvgIpc) is 3.21. The molecule has 0 bridgehead atoms. The monoisotopic (exact) mass is 468 g/mol. The molecule has 1 fully saturated rings. The Bertz CT molecular complexity index is 1080. The minimum Gasteiger partial charge on any atom is -0.445 e. The first kappa shape index (κ1) is 23.2. The van der Waals surface area contributed by atoms with Crippen LogP contribution in [0.25, 0.3) is 0 Å². The van der Waals surface area contributed by atoms with E-state index in [1.807, 2.05) is 65.6 Å². The predicted molar refractivity (Wildman–Crippen MR) is 125 cm³/mol. The molecule has 1 aliphatic heterocycles. The van der Waals surface area contributed by atoms with Gasteiger partial charge in [0.1, 0.15) is 12.4 Å². The van der Waals surface area contributed by atoms with E-state index in [-0.39, 0.29) is 25.0 Å². The second kappa shape index (κ2) is 10.8. The smallest absolute Gasteiger partial charge is 0.410 e. The zero-order chi connectivity index (χ0) is 23.2. The van der Waals surface area contributed by atoms with E-state index in [0.717, 1.165) is 16.7 Å². The van der Waals surface area contributed by atoms with Crippen LogP contribution in [0.1, 0.15) is 16.7 Å². The van der Waals surface area contributed by atoms with Crippen LogP contribution < -0.4 is 0 Å². The van der Waals surface area contributed by atoms with Gasteiger partial charge in [-0.1, -0.05) is 72.3 Å². The zero-order valence-corrected chi connectivity index (χ0v) is 18.9. The minimum atomic E-state index is -0.773. The van der Waals surface area contributed by atoms with Crippen LogP contribution in [-0.4, -0.2) is 46.2 Å². The van der Waals surface area contributed by atoms with Crippen molar-refractivity contribution in [1.29, 1.82) is 0 Å². The first-order valence-electron chi connectivity index (χ1n) is 10.8. The highest BCUT2D eigenvalue weighted by Gasteiger charge is 2.38. The lowest BCUT2D eigenvalue weighted by Crippen LogP contribution is -2.42. The molecule has 3 aromatic carbocycles. The summed E-state index contributed by atoms with van der Waals surface area (Å²) >= 11 is 6.38. The maximum absolute atomic E-state index is 13.8. The lowest BCUT2D eigenvalue weighted by Gasteiger charge is -2.31. The first-order valence-corrected chi connectivity index (χ1v) is 11.2. The molecule has 1 N–H and O–H groups in total. The number of β-amino-alcohol motifs (C(OH)–C–C–N with tert-alkyl or cyclic N) is 1. The van der Waals surface area contributed by atoms with E-state index >= 15 is 0 Å². The fourth-order valence-corrected chi connectivity index (χ4v) is 4.29. The van der Waals surface area contributed by atoms with Crippen molar-refractivity contribution < 1.29 is 19.0 Å². The van der Waals surface area contributed by atoms with Crippen molar-refractivity contribution in [3.05, 3.63) is 106 Å². The summed E-state index contributed by atoms with van der Waals surface area (Å²) in [4.78, 5) is 16.2. The third-order valence-corrected chi connectivity index (χ3v) is 6.17. The fraction of sp³-hybridized carbons (Fsp3) is 0.269. The molecule has 1 heterocycles. The maximum atomic E-state index is 13.8. The summed E-state index contributed by atoms with van der Waals surface area (Å²) in [5, 5.41) is 11.5. The average molecular weight is 469 g/mol. The molecule has 0 aromatic heterocycles. The van der Waals surface area contributed by atoms with Crippen LogP contribution in [0.2, 0.25) is 5.02 Å². The molecule has 0 unspecified atom stereocenters. The maximum Gasteiger partial charge on any atom is 0.410 e. The third kappa shape index (κ3) is 6.11. The second-order valence-electron chi connectivity index (χ2n) is 8.21. The molecule has 4 rings (SSSR count). The fourth-order valence-electron chi connectivity index (χ4n) is 4.09. The Morgan fingerprint density at radius 2 is 1.73 bits per heavy atom. The first-order chi connectivity index (χ1) is 16.0. The number of aliphatic hydroxyl groups excluding tert-OH is 1. The molecule has 0 saturated carbocycles. The number of nitrogens with zero attached hydrogens (tertiary/aromatic N) is 2. The lowest BCUT2D eigenvalue weighted by atomic mass is 10.1. The molecular weight excluding hydrogens is 443 g/mol. The van der Waals surface area contributed by atoms with Gasteiger partial charge in [0.25, 0.3) is 0 Å². The highest BCUT2D eigenvalue weighted by molar-refractivity contribution is 6.31. The van der Waals surface area contributed by atoms with Crippen LogP contribution in [0.15, 0.2) is 78.9 Å². The molecule has 172 valence electrons. The summed E-state index contributed by atoms with van der Waals surface area (Å²) in [5.74, 6) is -0.316. The molecule has 5 nitrogen and oxygen atoms in total.